The summed E-state index contributed by atoms with van der Waals surface area (Å²) in [4.78, 5) is 28.2. The number of hydrogen-bond acceptors (Lipinski definition) is 3. The first-order valence-electron chi connectivity index (χ1n) is 9.08. The number of carbonyl (C=O) groups is 2. The molecule has 132 valence electrons. The Kier molecular flexibility index (Phi) is 5.37. The van der Waals surface area contributed by atoms with Gasteiger partial charge in [0.05, 0.1) is 6.61 Å². The quantitative estimate of drug-likeness (QED) is 0.619. The van der Waals surface area contributed by atoms with Crippen molar-refractivity contribution in [3.8, 4) is 0 Å². The van der Waals surface area contributed by atoms with Crippen LogP contribution in [0.5, 0.6) is 0 Å². The van der Waals surface area contributed by atoms with Crippen molar-refractivity contribution >= 4 is 11.8 Å². The highest BCUT2D eigenvalue weighted by Gasteiger charge is 2.32. The maximum absolute atomic E-state index is 12.7. The first kappa shape index (κ1) is 17.5. The van der Waals surface area contributed by atoms with Crippen LogP contribution < -0.4 is 0 Å². The number of rotatable bonds is 6. The minimum atomic E-state index is -0.355. The van der Waals surface area contributed by atoms with Crippen molar-refractivity contribution in [3.05, 3.63) is 58.4 Å². The van der Waals surface area contributed by atoms with Gasteiger partial charge in [-0.15, -0.1) is 0 Å². The van der Waals surface area contributed by atoms with E-state index >= 15 is 0 Å². The predicted molar refractivity (Wildman–Crippen MR) is 97.2 cm³/mol. The number of aromatic nitrogens is 1. The van der Waals surface area contributed by atoms with E-state index in [9.17, 15) is 9.59 Å². The molecule has 1 aromatic heterocycles. The fraction of sp³-hybridized carbons (Fsp3) is 0.429. The maximum Gasteiger partial charge on any atom is 0.355 e. The lowest BCUT2D eigenvalue weighted by Gasteiger charge is -2.22. The Bertz CT molecular complexity index is 761. The summed E-state index contributed by atoms with van der Waals surface area (Å²) in [6.45, 7) is 4.37. The van der Waals surface area contributed by atoms with Crippen LogP contribution in [0.3, 0.4) is 0 Å². The summed E-state index contributed by atoms with van der Waals surface area (Å²) in [5.74, 6) is -0.0892. The fourth-order valence-electron chi connectivity index (χ4n) is 3.59. The van der Waals surface area contributed by atoms with Gasteiger partial charge in [-0.1, -0.05) is 50.1 Å². The minimum Gasteiger partial charge on any atom is -0.461 e. The van der Waals surface area contributed by atoms with E-state index < -0.39 is 0 Å². The number of nitrogens with one attached hydrogen (secondary N) is 1. The monoisotopic (exact) mass is 339 g/mol. The second-order valence-electron chi connectivity index (χ2n) is 6.76. The minimum absolute atomic E-state index is 0.105. The van der Waals surface area contributed by atoms with Crippen molar-refractivity contribution in [2.45, 2.75) is 51.9 Å². The summed E-state index contributed by atoms with van der Waals surface area (Å²) in [5, 5.41) is 0. The lowest BCUT2D eigenvalue weighted by atomic mass is 9.81. The highest BCUT2D eigenvalue weighted by Crippen LogP contribution is 2.35. The van der Waals surface area contributed by atoms with Gasteiger partial charge in [0.25, 0.3) is 0 Å². The molecule has 1 aromatic carbocycles. The zero-order valence-corrected chi connectivity index (χ0v) is 14.9. The fourth-order valence-corrected chi connectivity index (χ4v) is 3.59. The third-order valence-electron chi connectivity index (χ3n) is 4.94. The summed E-state index contributed by atoms with van der Waals surface area (Å²) >= 11 is 0. The van der Waals surface area contributed by atoms with Crippen molar-refractivity contribution in [2.75, 3.05) is 6.61 Å². The SMILES string of the molecule is CCCCCOC(=O)c1[nH]c2c(c1C)C(=O)C[C@@H](c1ccccc1)C2. The summed E-state index contributed by atoms with van der Waals surface area (Å²) in [6.07, 6.45) is 4.24. The molecule has 0 saturated carbocycles. The molecule has 2 aromatic rings. The summed E-state index contributed by atoms with van der Waals surface area (Å²) < 4.78 is 5.35. The van der Waals surface area contributed by atoms with Crippen LogP contribution in [0.1, 0.15) is 76.2 Å². The van der Waals surface area contributed by atoms with E-state index in [2.05, 4.69) is 24.0 Å². The largest absolute Gasteiger partial charge is 0.461 e. The molecule has 0 spiro atoms. The van der Waals surface area contributed by atoms with Crippen LogP contribution in [-0.4, -0.2) is 23.3 Å². The molecule has 0 radical (unpaired) electrons. The number of aromatic amines is 1. The number of Topliss-reactive ketones (excluding diaryl/α,β-unsaturated/α-hetero) is 1. The van der Waals surface area contributed by atoms with Gasteiger partial charge in [0.1, 0.15) is 5.69 Å². The zero-order valence-electron chi connectivity index (χ0n) is 14.9. The molecule has 0 amide bonds. The first-order chi connectivity index (χ1) is 12.1. The van der Waals surface area contributed by atoms with E-state index in [-0.39, 0.29) is 17.7 Å². The number of ether oxygens (including phenoxy) is 1. The molecule has 0 bridgehead atoms. The van der Waals surface area contributed by atoms with Gasteiger partial charge in [0.15, 0.2) is 5.78 Å². The molecule has 1 heterocycles. The topological polar surface area (TPSA) is 59.2 Å². The Morgan fingerprint density at radius 1 is 1.20 bits per heavy atom. The summed E-state index contributed by atoms with van der Waals surface area (Å²) in [5.41, 5.74) is 3.88. The molecule has 3 rings (SSSR count). The van der Waals surface area contributed by atoms with Crippen LogP contribution in [0.25, 0.3) is 0 Å². The van der Waals surface area contributed by atoms with Gasteiger partial charge in [-0.3, -0.25) is 4.79 Å². The van der Waals surface area contributed by atoms with Crippen LogP contribution in [-0.2, 0) is 11.2 Å². The lowest BCUT2D eigenvalue weighted by Crippen LogP contribution is -2.18. The van der Waals surface area contributed by atoms with Crippen LogP contribution in [0.2, 0.25) is 0 Å². The molecule has 1 atom stereocenters. The van der Waals surface area contributed by atoms with Crippen LogP contribution in [0.4, 0.5) is 0 Å². The summed E-state index contributed by atoms with van der Waals surface area (Å²) in [7, 11) is 0. The molecular weight excluding hydrogens is 314 g/mol. The average Bonchev–Trinajstić information content (AvgIpc) is 2.96. The van der Waals surface area contributed by atoms with E-state index in [1.54, 1.807) is 0 Å². The highest BCUT2D eigenvalue weighted by molar-refractivity contribution is 6.03. The number of benzene rings is 1. The zero-order chi connectivity index (χ0) is 17.8. The molecule has 0 fully saturated rings. The number of hydrogen-bond donors (Lipinski definition) is 1. The van der Waals surface area contributed by atoms with E-state index in [1.807, 2.05) is 25.1 Å². The van der Waals surface area contributed by atoms with E-state index in [4.69, 9.17) is 4.74 Å². The molecule has 4 nitrogen and oxygen atoms in total. The van der Waals surface area contributed by atoms with Crippen LogP contribution in [0, 0.1) is 6.92 Å². The lowest BCUT2D eigenvalue weighted by molar-refractivity contribution is 0.0491. The highest BCUT2D eigenvalue weighted by atomic mass is 16.5. The Morgan fingerprint density at radius 3 is 2.68 bits per heavy atom. The molecular formula is C21H25NO3. The third kappa shape index (κ3) is 3.68. The normalized spacial score (nSPS) is 16.6. The molecule has 1 aliphatic rings. The standard InChI is InChI=1S/C21H25NO3/c1-3-4-8-11-25-21(24)20-14(2)19-17(22-20)12-16(13-18(19)23)15-9-6-5-7-10-15/h5-7,9-10,16,22H,3-4,8,11-13H2,1-2H3/t16-/m0/s1. The van der Waals surface area contributed by atoms with Crippen molar-refractivity contribution in [1.82, 2.24) is 4.98 Å². The van der Waals surface area contributed by atoms with E-state index in [0.717, 1.165) is 42.5 Å². The molecule has 0 aliphatic heterocycles. The Morgan fingerprint density at radius 2 is 1.96 bits per heavy atom. The van der Waals surface area contributed by atoms with E-state index in [0.29, 0.717) is 24.3 Å². The Hall–Kier alpha value is -2.36. The second-order valence-corrected chi connectivity index (χ2v) is 6.76. The van der Waals surface area contributed by atoms with Gasteiger partial charge in [0, 0.05) is 17.7 Å². The van der Waals surface area contributed by atoms with Crippen molar-refractivity contribution in [1.29, 1.82) is 0 Å². The molecule has 1 N–H and O–H groups in total. The summed E-state index contributed by atoms with van der Waals surface area (Å²) in [6, 6.07) is 10.1. The van der Waals surface area contributed by atoms with Gasteiger partial charge in [-0.25, -0.2) is 4.79 Å². The van der Waals surface area contributed by atoms with Gasteiger partial charge in [-0.2, -0.15) is 0 Å². The Balaban J connectivity index is 1.78. The van der Waals surface area contributed by atoms with Gasteiger partial charge < -0.3 is 9.72 Å². The van der Waals surface area contributed by atoms with Gasteiger partial charge >= 0.3 is 5.97 Å². The third-order valence-corrected chi connectivity index (χ3v) is 4.94. The molecule has 25 heavy (non-hydrogen) atoms. The van der Waals surface area contributed by atoms with Crippen molar-refractivity contribution in [2.24, 2.45) is 0 Å². The Labute approximate surface area is 148 Å². The van der Waals surface area contributed by atoms with Crippen molar-refractivity contribution in [3.63, 3.8) is 0 Å². The number of unbranched alkanes of at least 4 members (excludes halogenated alkanes) is 2. The molecule has 0 unspecified atom stereocenters. The molecule has 0 saturated heterocycles. The van der Waals surface area contributed by atoms with Crippen molar-refractivity contribution < 1.29 is 14.3 Å². The van der Waals surface area contributed by atoms with Gasteiger partial charge in [0.2, 0.25) is 0 Å². The molecule has 4 heteroatoms. The number of H-pyrrole nitrogens is 1. The number of esters is 1. The van der Waals surface area contributed by atoms with Gasteiger partial charge in [-0.05, 0) is 36.8 Å². The predicted octanol–water partition coefficient (Wildman–Crippen LogP) is 4.58. The molecule has 1 aliphatic carbocycles. The number of carbonyl (C=O) groups excluding carboxylic acids is 2. The number of ketones is 1. The average molecular weight is 339 g/mol. The number of fused-ring (bicyclic) bond motifs is 1. The second kappa shape index (κ2) is 7.68. The van der Waals surface area contributed by atoms with Crippen LogP contribution in [0.15, 0.2) is 30.3 Å². The first-order valence-corrected chi connectivity index (χ1v) is 9.08. The van der Waals surface area contributed by atoms with Crippen LogP contribution >= 0.6 is 0 Å². The smallest absolute Gasteiger partial charge is 0.355 e. The van der Waals surface area contributed by atoms with E-state index in [1.165, 1.54) is 0 Å². The maximum atomic E-state index is 12.7.